The Bertz CT molecular complexity index is 1950. The van der Waals surface area contributed by atoms with Gasteiger partial charge in [0.2, 0.25) is 5.91 Å². The molecule has 0 bridgehead atoms. The lowest BCUT2D eigenvalue weighted by Crippen LogP contribution is -2.41. The molecule has 0 radical (unpaired) electrons. The van der Waals surface area contributed by atoms with Crippen LogP contribution in [0.3, 0.4) is 0 Å². The molecule has 4 aliphatic heterocycles. The second-order valence-electron chi connectivity index (χ2n) is 13.1. The Morgan fingerprint density at radius 2 is 1.29 bits per heavy atom. The van der Waals surface area contributed by atoms with E-state index in [1.165, 1.54) is 9.36 Å². The number of ether oxygens (including phenoxy) is 2. The van der Waals surface area contributed by atoms with Crippen molar-refractivity contribution in [1.29, 1.82) is 0 Å². The number of carbonyl (C=O) groups excluding carboxylic acids is 2. The van der Waals surface area contributed by atoms with Crippen molar-refractivity contribution in [2.24, 2.45) is 0 Å². The Balaban J connectivity index is 0.000000162. The zero-order chi connectivity index (χ0) is 36.8. The Labute approximate surface area is 294 Å². The summed E-state index contributed by atoms with van der Waals surface area (Å²) in [6.45, 7) is 4.45. The third kappa shape index (κ3) is 6.93. The van der Waals surface area contributed by atoms with Gasteiger partial charge in [-0.05, 0) is 67.6 Å². The van der Waals surface area contributed by atoms with Gasteiger partial charge >= 0.3 is 12.4 Å². The summed E-state index contributed by atoms with van der Waals surface area (Å²) >= 11 is 0. The molecule has 0 aliphatic carbocycles. The number of rotatable bonds is 4. The van der Waals surface area contributed by atoms with Gasteiger partial charge in [0.15, 0.2) is 11.4 Å². The molecule has 2 aromatic carbocycles. The molecule has 1 unspecified atom stereocenters. The zero-order valence-corrected chi connectivity index (χ0v) is 28.3. The lowest BCUT2D eigenvalue weighted by Gasteiger charge is -2.30. The van der Waals surface area contributed by atoms with Crippen LogP contribution in [0.4, 0.5) is 26.3 Å². The molecular formula is C36H36F6N6O4. The average molecular weight is 731 g/mol. The number of hydrogen-bond donors (Lipinski definition) is 0. The van der Waals surface area contributed by atoms with Gasteiger partial charge in [-0.25, -0.2) is 9.36 Å². The highest BCUT2D eigenvalue weighted by atomic mass is 19.4. The number of halogens is 6. The van der Waals surface area contributed by atoms with E-state index in [9.17, 15) is 35.9 Å². The third-order valence-electron chi connectivity index (χ3n) is 9.86. The van der Waals surface area contributed by atoms with Crippen LogP contribution in [0.15, 0.2) is 48.5 Å². The van der Waals surface area contributed by atoms with E-state index >= 15 is 0 Å². The van der Waals surface area contributed by atoms with E-state index in [2.05, 4.69) is 10.2 Å². The first-order valence-corrected chi connectivity index (χ1v) is 17.1. The highest BCUT2D eigenvalue weighted by Crippen LogP contribution is 2.38. The van der Waals surface area contributed by atoms with Crippen LogP contribution in [0.1, 0.15) is 82.1 Å². The molecule has 276 valence electrons. The summed E-state index contributed by atoms with van der Waals surface area (Å²) in [6.07, 6.45) is -5.58. The van der Waals surface area contributed by atoms with Gasteiger partial charge in [0.05, 0.1) is 55.2 Å². The van der Waals surface area contributed by atoms with E-state index in [0.29, 0.717) is 41.4 Å². The number of nitrogens with zero attached hydrogens (tertiary/aromatic N) is 6. The molecule has 0 saturated carbocycles. The van der Waals surface area contributed by atoms with Crippen molar-refractivity contribution in [1.82, 2.24) is 29.4 Å². The Morgan fingerprint density at radius 1 is 0.712 bits per heavy atom. The van der Waals surface area contributed by atoms with Crippen molar-refractivity contribution in [3.8, 4) is 11.4 Å². The van der Waals surface area contributed by atoms with Gasteiger partial charge in [-0.3, -0.25) is 9.59 Å². The Kier molecular flexibility index (Phi) is 9.63. The van der Waals surface area contributed by atoms with Crippen LogP contribution in [0.2, 0.25) is 0 Å². The summed E-state index contributed by atoms with van der Waals surface area (Å²) in [5, 5.41) is 7.64. The van der Waals surface area contributed by atoms with Crippen molar-refractivity contribution in [2.45, 2.75) is 70.6 Å². The smallest absolute Gasteiger partial charge is 0.376 e. The van der Waals surface area contributed by atoms with Gasteiger partial charge in [0, 0.05) is 49.7 Å². The van der Waals surface area contributed by atoms with E-state index in [0.717, 1.165) is 44.5 Å². The molecule has 8 rings (SSSR count). The number of hydrogen-bond acceptors (Lipinski definition) is 6. The van der Waals surface area contributed by atoms with Crippen molar-refractivity contribution >= 4 is 11.8 Å². The number of amides is 2. The molecule has 0 spiro atoms. The molecule has 0 N–H and O–H groups in total. The quantitative estimate of drug-likeness (QED) is 0.224. The van der Waals surface area contributed by atoms with Crippen LogP contribution in [0.5, 0.6) is 0 Å². The van der Waals surface area contributed by atoms with Crippen LogP contribution in [0.25, 0.3) is 11.4 Å². The first-order chi connectivity index (χ1) is 24.8. The number of alkyl halides is 6. The topological polar surface area (TPSA) is 94.7 Å². The van der Waals surface area contributed by atoms with Gasteiger partial charge < -0.3 is 19.3 Å². The van der Waals surface area contributed by atoms with Gasteiger partial charge in [-0.1, -0.05) is 12.1 Å². The van der Waals surface area contributed by atoms with Crippen LogP contribution in [-0.2, 0) is 52.7 Å². The van der Waals surface area contributed by atoms with Crippen molar-refractivity contribution in [3.05, 3.63) is 93.6 Å². The Morgan fingerprint density at radius 3 is 1.88 bits per heavy atom. The van der Waals surface area contributed by atoms with E-state index in [-0.39, 0.29) is 55.2 Å². The molecule has 10 nitrogen and oxygen atoms in total. The van der Waals surface area contributed by atoms with Crippen molar-refractivity contribution in [3.63, 3.8) is 0 Å². The maximum absolute atomic E-state index is 13.3. The van der Waals surface area contributed by atoms with E-state index in [1.807, 2.05) is 17.0 Å². The average Bonchev–Trinajstić information content (AvgIpc) is 3.84. The summed E-state index contributed by atoms with van der Waals surface area (Å²) in [4.78, 5) is 27.5. The molecule has 52 heavy (non-hydrogen) atoms. The molecule has 6 heterocycles. The predicted molar refractivity (Wildman–Crippen MR) is 174 cm³/mol. The normalized spacial score (nSPS) is 18.6. The van der Waals surface area contributed by atoms with E-state index in [4.69, 9.17) is 9.47 Å². The molecule has 2 fully saturated rings. The second-order valence-corrected chi connectivity index (χ2v) is 13.1. The van der Waals surface area contributed by atoms with Crippen molar-refractivity contribution in [2.75, 3.05) is 32.8 Å². The number of benzene rings is 2. The molecular weight excluding hydrogens is 694 g/mol. The fraction of sp³-hybridized carbons (Fsp3) is 0.444. The molecule has 2 aromatic heterocycles. The largest absolute Gasteiger partial charge is 0.435 e. The van der Waals surface area contributed by atoms with Gasteiger partial charge in [-0.15, -0.1) is 0 Å². The van der Waals surface area contributed by atoms with Gasteiger partial charge in [0.25, 0.3) is 5.91 Å². The zero-order valence-electron chi connectivity index (χ0n) is 28.3. The SMILES string of the molecule is CC(=O)N1CCCC1c1ccc(-n2nc(C(F)(F)F)c3c2CCOC3)cc1.O=C(c1ccc(-n2nc(C(F)(F)F)c3c2COCC3)cc1)N1CCC1. The number of fused-ring (bicyclic) bond motifs is 2. The first kappa shape index (κ1) is 35.7. The molecule has 2 saturated heterocycles. The maximum Gasteiger partial charge on any atom is 0.435 e. The Hall–Kier alpha value is -4.70. The van der Waals surface area contributed by atoms with Crippen LogP contribution >= 0.6 is 0 Å². The van der Waals surface area contributed by atoms with Gasteiger partial charge in [0.1, 0.15) is 0 Å². The van der Waals surface area contributed by atoms with Crippen molar-refractivity contribution < 1.29 is 45.4 Å². The molecule has 2 amide bonds. The third-order valence-corrected chi connectivity index (χ3v) is 9.86. The molecule has 4 aromatic rings. The standard InChI is InChI=1S/C19H20F3N3O2.C17H16F3N3O2/c1-12(26)24-9-2-3-16(24)13-4-6-14(7-5-13)25-17-8-10-27-11-15(17)18(23-25)19(20,21)22;18-17(19,20)15-13-6-9-25-10-14(13)23(21-15)12-4-2-11(3-5-12)16(24)22-7-1-8-22/h4-7,16H,2-3,8-11H2,1H3;2-5H,1,6-10H2. The molecule has 1 atom stereocenters. The summed E-state index contributed by atoms with van der Waals surface area (Å²) in [7, 11) is 0. The lowest BCUT2D eigenvalue weighted by molar-refractivity contribution is -0.143. The summed E-state index contributed by atoms with van der Waals surface area (Å²) in [5.74, 6) is -0.0165. The van der Waals surface area contributed by atoms with Crippen LogP contribution in [-0.4, -0.2) is 74.0 Å². The minimum Gasteiger partial charge on any atom is -0.376 e. The molecule has 4 aliphatic rings. The second kappa shape index (κ2) is 14.0. The number of likely N-dealkylation sites (tertiary alicyclic amines) is 2. The highest BCUT2D eigenvalue weighted by molar-refractivity contribution is 5.94. The monoisotopic (exact) mass is 730 g/mol. The number of aromatic nitrogens is 4. The predicted octanol–water partition coefficient (Wildman–Crippen LogP) is 6.46. The van der Waals surface area contributed by atoms with Gasteiger partial charge in [-0.2, -0.15) is 36.5 Å². The fourth-order valence-corrected chi connectivity index (χ4v) is 7.13. The minimum atomic E-state index is -4.51. The summed E-state index contributed by atoms with van der Waals surface area (Å²) in [6, 6.07) is 13.8. The minimum absolute atomic E-state index is 0.0298. The molecule has 16 heteroatoms. The van der Waals surface area contributed by atoms with E-state index < -0.39 is 23.7 Å². The highest BCUT2D eigenvalue weighted by Gasteiger charge is 2.41. The van der Waals surface area contributed by atoms with E-state index in [1.54, 1.807) is 48.2 Å². The first-order valence-electron chi connectivity index (χ1n) is 17.1. The van der Waals surface area contributed by atoms with Crippen LogP contribution < -0.4 is 0 Å². The summed E-state index contributed by atoms with van der Waals surface area (Å²) < 4.78 is 92.9. The fourth-order valence-electron chi connectivity index (χ4n) is 7.13. The lowest BCUT2D eigenvalue weighted by atomic mass is 10.0. The van der Waals surface area contributed by atoms with Crippen LogP contribution in [0, 0.1) is 0 Å². The summed E-state index contributed by atoms with van der Waals surface area (Å²) in [5.41, 5.74) is 2.14. The number of carbonyl (C=O) groups is 2. The maximum atomic E-state index is 13.3.